The summed E-state index contributed by atoms with van der Waals surface area (Å²) in [7, 11) is 3.61. The summed E-state index contributed by atoms with van der Waals surface area (Å²) in [6.07, 6.45) is 5.93. The van der Waals surface area contributed by atoms with Gasteiger partial charge in [-0.25, -0.2) is 4.79 Å². The lowest BCUT2D eigenvalue weighted by atomic mass is 10.0. The molecule has 2 atom stereocenters. The highest BCUT2D eigenvalue weighted by molar-refractivity contribution is 8.03. The first-order valence-electron chi connectivity index (χ1n) is 9.44. The molecule has 0 radical (unpaired) electrons. The quantitative estimate of drug-likeness (QED) is 0.527. The lowest BCUT2D eigenvalue weighted by molar-refractivity contribution is -0.151. The van der Waals surface area contributed by atoms with Gasteiger partial charge in [-0.3, -0.25) is 9.69 Å². The first-order chi connectivity index (χ1) is 14.5. The Morgan fingerprint density at radius 2 is 2.07 bits per heavy atom. The molecular formula is C21H23N3O4S2. The first kappa shape index (κ1) is 20.9. The molecule has 0 aromatic heterocycles. The Bertz CT molecular complexity index is 942. The minimum atomic E-state index is -0.577. The number of allylic oxidation sites excluding steroid dienone is 2. The third kappa shape index (κ3) is 4.10. The molecule has 0 aliphatic carbocycles. The Kier molecular flexibility index (Phi) is 6.12. The molecule has 1 aromatic rings. The summed E-state index contributed by atoms with van der Waals surface area (Å²) < 4.78 is 10.7. The van der Waals surface area contributed by atoms with Crippen molar-refractivity contribution in [3.8, 4) is 5.75 Å². The van der Waals surface area contributed by atoms with Crippen molar-refractivity contribution in [2.75, 3.05) is 25.8 Å². The average molecular weight is 446 g/mol. The highest BCUT2D eigenvalue weighted by Crippen LogP contribution is 2.40. The maximum atomic E-state index is 13.0. The second kappa shape index (κ2) is 8.79. The van der Waals surface area contributed by atoms with E-state index in [0.29, 0.717) is 11.4 Å². The Morgan fingerprint density at radius 3 is 2.73 bits per heavy atom. The van der Waals surface area contributed by atoms with E-state index in [9.17, 15) is 9.59 Å². The molecule has 3 aliphatic heterocycles. The van der Waals surface area contributed by atoms with Gasteiger partial charge in [-0.2, -0.15) is 0 Å². The Hall–Kier alpha value is -2.36. The van der Waals surface area contributed by atoms with Crippen LogP contribution in [-0.2, 0) is 20.9 Å². The van der Waals surface area contributed by atoms with Crippen molar-refractivity contribution in [1.82, 2.24) is 9.80 Å². The SMILES string of the molecule is COc1ccc(COC(=O)C2=C(C=CC3=CN(C)CS3)CS[C@H]3[C@H](N)C(=O)N23)cc1. The molecule has 1 aromatic carbocycles. The topological polar surface area (TPSA) is 85.1 Å². The zero-order valence-corrected chi connectivity index (χ0v) is 18.4. The number of esters is 1. The summed E-state index contributed by atoms with van der Waals surface area (Å²) >= 11 is 3.29. The van der Waals surface area contributed by atoms with Gasteiger partial charge in [0.2, 0.25) is 5.91 Å². The highest BCUT2D eigenvalue weighted by Gasteiger charge is 2.51. The van der Waals surface area contributed by atoms with Gasteiger partial charge in [0.1, 0.15) is 29.5 Å². The number of β-lactam (4-membered cyclic amide) rings is 1. The summed E-state index contributed by atoms with van der Waals surface area (Å²) in [5.74, 6) is 1.47. The number of hydrogen-bond donors (Lipinski definition) is 1. The molecule has 4 rings (SSSR count). The van der Waals surface area contributed by atoms with Crippen LogP contribution in [0.2, 0.25) is 0 Å². The van der Waals surface area contributed by atoms with Gasteiger partial charge < -0.3 is 20.1 Å². The zero-order valence-electron chi connectivity index (χ0n) is 16.7. The van der Waals surface area contributed by atoms with Crippen LogP contribution in [-0.4, -0.2) is 58.9 Å². The second-order valence-electron chi connectivity index (χ2n) is 7.13. The standard InChI is InChI=1S/C21H23N3O4S2/c1-23-9-16(30-12-23)8-5-14-11-29-20-17(22)19(25)24(20)18(14)21(26)28-10-13-3-6-15(27-2)7-4-13/h3-9,17,20H,10-12,22H2,1-2H3/t17-,20+/m1/s1. The normalized spacial score (nSPS) is 23.4. The van der Waals surface area contributed by atoms with Gasteiger partial charge in [-0.15, -0.1) is 23.5 Å². The number of amides is 1. The first-order valence-corrected chi connectivity index (χ1v) is 11.5. The number of carbonyl (C=O) groups is 2. The van der Waals surface area contributed by atoms with Crippen LogP contribution in [0.4, 0.5) is 0 Å². The van der Waals surface area contributed by atoms with Crippen molar-refractivity contribution in [3.05, 3.63) is 64.4 Å². The number of benzene rings is 1. The van der Waals surface area contributed by atoms with Crippen LogP contribution < -0.4 is 10.5 Å². The van der Waals surface area contributed by atoms with E-state index < -0.39 is 12.0 Å². The number of rotatable bonds is 6. The lowest BCUT2D eigenvalue weighted by Gasteiger charge is -2.48. The average Bonchev–Trinajstić information content (AvgIpc) is 3.20. The Labute approximate surface area is 183 Å². The largest absolute Gasteiger partial charge is 0.497 e. The predicted molar refractivity (Wildman–Crippen MR) is 118 cm³/mol. The molecule has 1 fully saturated rings. The van der Waals surface area contributed by atoms with Gasteiger partial charge in [0.25, 0.3) is 0 Å². The minimum Gasteiger partial charge on any atom is -0.497 e. The van der Waals surface area contributed by atoms with Crippen LogP contribution in [0.5, 0.6) is 5.75 Å². The number of hydrogen-bond acceptors (Lipinski definition) is 8. The molecule has 9 heteroatoms. The van der Waals surface area contributed by atoms with Gasteiger partial charge in [0.05, 0.1) is 13.0 Å². The summed E-state index contributed by atoms with van der Waals surface area (Å²) in [5, 5.41) is -0.218. The van der Waals surface area contributed by atoms with Crippen molar-refractivity contribution in [3.63, 3.8) is 0 Å². The number of ether oxygens (including phenoxy) is 2. The van der Waals surface area contributed by atoms with E-state index in [4.69, 9.17) is 15.2 Å². The summed E-state index contributed by atoms with van der Waals surface area (Å²) in [5.41, 5.74) is 7.84. The molecule has 0 saturated carbocycles. The van der Waals surface area contributed by atoms with Crippen molar-refractivity contribution >= 4 is 35.4 Å². The molecule has 3 heterocycles. The van der Waals surface area contributed by atoms with Crippen molar-refractivity contribution in [2.45, 2.75) is 18.0 Å². The highest BCUT2D eigenvalue weighted by atomic mass is 32.2. The number of carbonyl (C=O) groups excluding carboxylic acids is 2. The fourth-order valence-corrected chi connectivity index (χ4v) is 5.45. The zero-order chi connectivity index (χ0) is 21.3. The second-order valence-corrected chi connectivity index (χ2v) is 9.25. The van der Waals surface area contributed by atoms with Gasteiger partial charge in [0, 0.05) is 23.9 Å². The predicted octanol–water partition coefficient (Wildman–Crippen LogP) is 2.27. The monoisotopic (exact) mass is 445 g/mol. The number of fused-ring (bicyclic) bond motifs is 1. The van der Waals surface area contributed by atoms with Crippen LogP contribution in [0.1, 0.15) is 5.56 Å². The van der Waals surface area contributed by atoms with E-state index in [-0.39, 0.29) is 17.9 Å². The third-order valence-electron chi connectivity index (χ3n) is 4.99. The van der Waals surface area contributed by atoms with Crippen LogP contribution >= 0.6 is 23.5 Å². The maximum Gasteiger partial charge on any atom is 0.355 e. The summed E-state index contributed by atoms with van der Waals surface area (Å²) in [6, 6.07) is 6.72. The van der Waals surface area contributed by atoms with E-state index >= 15 is 0 Å². The van der Waals surface area contributed by atoms with Crippen molar-refractivity contribution in [2.24, 2.45) is 5.73 Å². The molecule has 0 unspecified atom stereocenters. The minimum absolute atomic E-state index is 0.112. The lowest BCUT2D eigenvalue weighted by Crippen LogP contribution is -2.68. The van der Waals surface area contributed by atoms with Crippen LogP contribution in [0, 0.1) is 0 Å². The summed E-state index contributed by atoms with van der Waals surface area (Å²) in [6.45, 7) is 0.112. The third-order valence-corrected chi connectivity index (χ3v) is 7.43. The molecular weight excluding hydrogens is 422 g/mol. The van der Waals surface area contributed by atoms with Crippen LogP contribution in [0.25, 0.3) is 0 Å². The fraction of sp³-hybridized carbons (Fsp3) is 0.333. The van der Waals surface area contributed by atoms with Crippen LogP contribution in [0.3, 0.4) is 0 Å². The number of thioether (sulfide) groups is 2. The number of methoxy groups -OCH3 is 1. The van der Waals surface area contributed by atoms with E-state index in [2.05, 4.69) is 4.90 Å². The maximum absolute atomic E-state index is 13.0. The molecule has 2 N–H and O–H groups in total. The molecule has 30 heavy (non-hydrogen) atoms. The Morgan fingerprint density at radius 1 is 1.30 bits per heavy atom. The van der Waals surface area contributed by atoms with E-state index in [1.807, 2.05) is 49.7 Å². The molecule has 3 aliphatic rings. The molecule has 1 amide bonds. The van der Waals surface area contributed by atoms with Crippen LogP contribution in [0.15, 0.2) is 58.8 Å². The van der Waals surface area contributed by atoms with E-state index in [0.717, 1.165) is 27.7 Å². The molecule has 0 bridgehead atoms. The number of nitrogens with zero attached hydrogens (tertiary/aromatic N) is 2. The van der Waals surface area contributed by atoms with Crippen molar-refractivity contribution in [1.29, 1.82) is 0 Å². The van der Waals surface area contributed by atoms with Crippen molar-refractivity contribution < 1.29 is 19.1 Å². The van der Waals surface area contributed by atoms with E-state index in [1.165, 1.54) is 4.90 Å². The molecule has 0 spiro atoms. The molecule has 158 valence electrons. The number of nitrogens with two attached hydrogens (primary N) is 1. The van der Waals surface area contributed by atoms with Gasteiger partial charge in [0.15, 0.2) is 0 Å². The molecule has 7 nitrogen and oxygen atoms in total. The van der Waals surface area contributed by atoms with Gasteiger partial charge in [-0.1, -0.05) is 18.2 Å². The van der Waals surface area contributed by atoms with E-state index in [1.54, 1.807) is 30.6 Å². The van der Waals surface area contributed by atoms with Gasteiger partial charge in [-0.05, 0) is 29.3 Å². The smallest absolute Gasteiger partial charge is 0.355 e. The Balaban J connectivity index is 1.54. The fourth-order valence-electron chi connectivity index (χ4n) is 3.34. The van der Waals surface area contributed by atoms with Gasteiger partial charge >= 0.3 is 5.97 Å². The summed E-state index contributed by atoms with van der Waals surface area (Å²) in [4.78, 5) is 30.1. The molecule has 1 saturated heterocycles.